The van der Waals surface area contributed by atoms with Gasteiger partial charge in [-0.2, -0.15) is 0 Å². The second-order valence-corrected chi connectivity index (χ2v) is 5.94. The fraction of sp³-hybridized carbons (Fsp3) is 0.200. The van der Waals surface area contributed by atoms with Crippen molar-refractivity contribution in [2.24, 2.45) is 0 Å². The van der Waals surface area contributed by atoms with Crippen LogP contribution in [0.25, 0.3) is 0 Å². The molecule has 1 unspecified atom stereocenters. The van der Waals surface area contributed by atoms with Gasteiger partial charge in [0.2, 0.25) is 0 Å². The van der Waals surface area contributed by atoms with Crippen LogP contribution in [0, 0.1) is 6.92 Å². The molecular formula is C15H16OS. The predicted molar refractivity (Wildman–Crippen MR) is 72.4 cm³/mol. The monoisotopic (exact) mass is 244 g/mol. The van der Waals surface area contributed by atoms with Crippen LogP contribution in [0.1, 0.15) is 23.3 Å². The first kappa shape index (κ1) is 12.1. The van der Waals surface area contributed by atoms with Crippen molar-refractivity contribution in [3.05, 3.63) is 65.7 Å². The van der Waals surface area contributed by atoms with Crippen LogP contribution >= 0.6 is 0 Å². The Morgan fingerprint density at radius 1 is 0.941 bits per heavy atom. The Morgan fingerprint density at radius 3 is 2.12 bits per heavy atom. The molecule has 0 aliphatic carbocycles. The van der Waals surface area contributed by atoms with Crippen LogP contribution in [0.15, 0.2) is 59.5 Å². The Balaban J connectivity index is 2.23. The molecule has 0 amide bonds. The van der Waals surface area contributed by atoms with Crippen molar-refractivity contribution < 1.29 is 4.21 Å². The zero-order valence-electron chi connectivity index (χ0n) is 10.1. The molecule has 2 aromatic rings. The molecule has 0 fully saturated rings. The highest BCUT2D eigenvalue weighted by Crippen LogP contribution is 2.24. The summed E-state index contributed by atoms with van der Waals surface area (Å²) in [7, 11) is -0.986. The van der Waals surface area contributed by atoms with Gasteiger partial charge in [-0.1, -0.05) is 48.0 Å². The van der Waals surface area contributed by atoms with Crippen molar-refractivity contribution in [3.63, 3.8) is 0 Å². The Hall–Kier alpha value is -1.41. The van der Waals surface area contributed by atoms with E-state index in [9.17, 15) is 4.21 Å². The van der Waals surface area contributed by atoms with E-state index in [1.165, 1.54) is 5.56 Å². The van der Waals surface area contributed by atoms with E-state index in [0.29, 0.717) is 0 Å². The minimum atomic E-state index is -0.986. The van der Waals surface area contributed by atoms with Crippen LogP contribution in [0.5, 0.6) is 0 Å². The topological polar surface area (TPSA) is 17.1 Å². The number of benzene rings is 2. The summed E-state index contributed by atoms with van der Waals surface area (Å²) in [5.74, 6) is 0. The number of hydrogen-bond acceptors (Lipinski definition) is 1. The third-order valence-electron chi connectivity index (χ3n) is 2.84. The fourth-order valence-corrected chi connectivity index (χ4v) is 2.96. The lowest BCUT2D eigenvalue weighted by Crippen LogP contribution is -2.02. The van der Waals surface area contributed by atoms with Gasteiger partial charge >= 0.3 is 0 Å². The quantitative estimate of drug-likeness (QED) is 0.801. The lowest BCUT2D eigenvalue weighted by Gasteiger charge is -2.12. The van der Waals surface area contributed by atoms with E-state index in [4.69, 9.17) is 0 Å². The molecule has 1 nitrogen and oxygen atoms in total. The highest BCUT2D eigenvalue weighted by Gasteiger charge is 2.14. The molecule has 17 heavy (non-hydrogen) atoms. The average Bonchev–Trinajstić information content (AvgIpc) is 2.39. The third-order valence-corrected chi connectivity index (χ3v) is 4.49. The molecule has 88 valence electrons. The van der Waals surface area contributed by atoms with Crippen molar-refractivity contribution in [3.8, 4) is 0 Å². The molecule has 0 aliphatic heterocycles. The van der Waals surface area contributed by atoms with Gasteiger partial charge in [0, 0.05) is 4.90 Å². The van der Waals surface area contributed by atoms with Crippen LogP contribution in [0.3, 0.4) is 0 Å². The first-order valence-corrected chi connectivity index (χ1v) is 6.92. The van der Waals surface area contributed by atoms with Crippen LogP contribution in [-0.4, -0.2) is 4.21 Å². The Morgan fingerprint density at radius 2 is 1.53 bits per heavy atom. The summed E-state index contributed by atoms with van der Waals surface area (Å²) >= 11 is 0. The summed E-state index contributed by atoms with van der Waals surface area (Å²) in [5.41, 5.74) is 2.35. The molecule has 0 radical (unpaired) electrons. The second-order valence-electron chi connectivity index (χ2n) is 4.16. The van der Waals surface area contributed by atoms with Gasteiger partial charge in [-0.15, -0.1) is 0 Å². The van der Waals surface area contributed by atoms with Gasteiger partial charge in [-0.3, -0.25) is 4.21 Å². The maximum Gasteiger partial charge on any atom is 0.0615 e. The van der Waals surface area contributed by atoms with Gasteiger partial charge in [0.25, 0.3) is 0 Å². The van der Waals surface area contributed by atoms with E-state index in [0.717, 1.165) is 10.5 Å². The normalized spacial score (nSPS) is 14.2. The average molecular weight is 244 g/mol. The zero-order chi connectivity index (χ0) is 12.3. The van der Waals surface area contributed by atoms with Gasteiger partial charge in [0.05, 0.1) is 16.0 Å². The maximum atomic E-state index is 12.3. The summed E-state index contributed by atoms with van der Waals surface area (Å²) in [6.07, 6.45) is 0. The zero-order valence-corrected chi connectivity index (χ0v) is 10.9. The molecule has 0 N–H and O–H groups in total. The number of hydrogen-bond donors (Lipinski definition) is 0. The van der Waals surface area contributed by atoms with Gasteiger partial charge in [-0.25, -0.2) is 0 Å². The SMILES string of the molecule is Cc1ccc([C@@H](C)S(=O)c2ccccc2)cc1. The molecule has 0 saturated carbocycles. The molecule has 2 heteroatoms. The van der Waals surface area contributed by atoms with E-state index in [-0.39, 0.29) is 5.25 Å². The van der Waals surface area contributed by atoms with Crippen molar-refractivity contribution >= 4 is 10.8 Å². The highest BCUT2D eigenvalue weighted by atomic mass is 32.2. The van der Waals surface area contributed by atoms with Crippen LogP contribution < -0.4 is 0 Å². The van der Waals surface area contributed by atoms with Gasteiger partial charge in [0.1, 0.15) is 0 Å². The van der Waals surface area contributed by atoms with E-state index in [1.807, 2.05) is 37.3 Å². The summed E-state index contributed by atoms with van der Waals surface area (Å²) in [6.45, 7) is 4.07. The molecule has 0 aromatic heterocycles. The summed E-state index contributed by atoms with van der Waals surface area (Å²) in [4.78, 5) is 0.889. The number of aryl methyl sites for hydroxylation is 1. The van der Waals surface area contributed by atoms with Crippen molar-refractivity contribution in [1.82, 2.24) is 0 Å². The molecule has 0 saturated heterocycles. The summed E-state index contributed by atoms with van der Waals surface area (Å²) in [6, 6.07) is 17.9. The van der Waals surface area contributed by atoms with Crippen LogP contribution in [-0.2, 0) is 10.8 Å². The minimum Gasteiger partial charge on any atom is -0.254 e. The molecule has 2 rings (SSSR count). The maximum absolute atomic E-state index is 12.3. The van der Waals surface area contributed by atoms with Crippen LogP contribution in [0.4, 0.5) is 0 Å². The van der Waals surface area contributed by atoms with E-state index in [2.05, 4.69) is 31.2 Å². The predicted octanol–water partition coefficient (Wildman–Crippen LogP) is 3.86. The molecule has 0 heterocycles. The fourth-order valence-electron chi connectivity index (χ4n) is 1.72. The Bertz CT molecular complexity index is 502. The summed E-state index contributed by atoms with van der Waals surface area (Å²) < 4.78 is 12.3. The molecule has 2 atom stereocenters. The molecule has 0 aliphatic rings. The van der Waals surface area contributed by atoms with Crippen LogP contribution in [0.2, 0.25) is 0 Å². The van der Waals surface area contributed by atoms with E-state index < -0.39 is 10.8 Å². The highest BCUT2D eigenvalue weighted by molar-refractivity contribution is 7.85. The molecular weight excluding hydrogens is 228 g/mol. The largest absolute Gasteiger partial charge is 0.254 e. The smallest absolute Gasteiger partial charge is 0.0615 e. The van der Waals surface area contributed by atoms with Crippen molar-refractivity contribution in [1.29, 1.82) is 0 Å². The van der Waals surface area contributed by atoms with Gasteiger partial charge in [-0.05, 0) is 31.5 Å². The number of rotatable bonds is 3. The lowest BCUT2D eigenvalue weighted by molar-refractivity contribution is 0.676. The molecule has 0 bridgehead atoms. The second kappa shape index (κ2) is 5.28. The van der Waals surface area contributed by atoms with Crippen molar-refractivity contribution in [2.45, 2.75) is 24.0 Å². The Labute approximate surface area is 105 Å². The molecule has 2 aromatic carbocycles. The lowest BCUT2D eigenvalue weighted by atomic mass is 10.1. The van der Waals surface area contributed by atoms with Crippen molar-refractivity contribution in [2.75, 3.05) is 0 Å². The van der Waals surface area contributed by atoms with E-state index in [1.54, 1.807) is 0 Å². The Kier molecular flexibility index (Phi) is 3.75. The standard InChI is InChI=1S/C15H16OS/c1-12-8-10-14(11-9-12)13(2)17(16)15-6-4-3-5-7-15/h3-11,13H,1-2H3/t13-,17?/m1/s1. The first-order valence-electron chi connectivity index (χ1n) is 5.70. The minimum absolute atomic E-state index is 0.0259. The summed E-state index contributed by atoms with van der Waals surface area (Å²) in [5, 5.41) is 0.0259. The molecule has 0 spiro atoms. The first-order chi connectivity index (χ1) is 8.18. The van der Waals surface area contributed by atoms with E-state index >= 15 is 0 Å². The van der Waals surface area contributed by atoms with Gasteiger partial charge < -0.3 is 0 Å². The third kappa shape index (κ3) is 2.83. The van der Waals surface area contributed by atoms with Gasteiger partial charge in [0.15, 0.2) is 0 Å².